The number of nitrogens with zero attached hydrogens (tertiary/aromatic N) is 1. The lowest BCUT2D eigenvalue weighted by atomic mass is 9.74. The van der Waals surface area contributed by atoms with E-state index in [0.717, 1.165) is 0 Å². The summed E-state index contributed by atoms with van der Waals surface area (Å²) in [5.41, 5.74) is 4.97. The van der Waals surface area contributed by atoms with Crippen molar-refractivity contribution in [2.45, 2.75) is 39.8 Å². The zero-order valence-corrected chi connectivity index (χ0v) is 13.9. The highest BCUT2D eigenvalue weighted by atomic mass is 32.1. The Kier molecular flexibility index (Phi) is 5.74. The molecule has 1 aromatic heterocycles. The SMILES string of the molecule is COCCN(Cc1cccs1)C(=O)C(C)(C)C(C)(C)N. The van der Waals surface area contributed by atoms with Crippen molar-refractivity contribution in [2.75, 3.05) is 20.3 Å². The van der Waals surface area contributed by atoms with E-state index in [0.29, 0.717) is 19.7 Å². The molecule has 0 saturated carbocycles. The Bertz CT molecular complexity index is 422. The van der Waals surface area contributed by atoms with Crippen molar-refractivity contribution in [1.29, 1.82) is 0 Å². The molecule has 0 aromatic carbocycles. The van der Waals surface area contributed by atoms with Gasteiger partial charge in [-0.3, -0.25) is 4.79 Å². The Morgan fingerprint density at radius 1 is 1.40 bits per heavy atom. The maximum Gasteiger partial charge on any atom is 0.230 e. The van der Waals surface area contributed by atoms with Crippen LogP contribution in [0.4, 0.5) is 0 Å². The van der Waals surface area contributed by atoms with Gasteiger partial charge in [-0.25, -0.2) is 0 Å². The molecule has 1 rings (SSSR count). The van der Waals surface area contributed by atoms with E-state index < -0.39 is 11.0 Å². The summed E-state index contributed by atoms with van der Waals surface area (Å²) >= 11 is 1.65. The second kappa shape index (κ2) is 6.70. The Morgan fingerprint density at radius 2 is 2.05 bits per heavy atom. The maximum atomic E-state index is 12.8. The van der Waals surface area contributed by atoms with Crippen LogP contribution in [0.25, 0.3) is 0 Å². The molecule has 0 unspecified atom stereocenters. The fourth-order valence-electron chi connectivity index (χ4n) is 1.72. The average Bonchev–Trinajstić information content (AvgIpc) is 2.84. The number of thiophene rings is 1. The molecule has 1 heterocycles. The van der Waals surface area contributed by atoms with E-state index in [1.54, 1.807) is 18.4 Å². The molecule has 0 spiro atoms. The summed E-state index contributed by atoms with van der Waals surface area (Å²) in [7, 11) is 1.64. The zero-order chi connectivity index (χ0) is 15.4. The van der Waals surface area contributed by atoms with Crippen LogP contribution in [-0.2, 0) is 16.1 Å². The molecule has 114 valence electrons. The summed E-state index contributed by atoms with van der Waals surface area (Å²) < 4.78 is 5.12. The number of methoxy groups -OCH3 is 1. The van der Waals surface area contributed by atoms with E-state index in [4.69, 9.17) is 10.5 Å². The highest BCUT2D eigenvalue weighted by Crippen LogP contribution is 2.31. The minimum Gasteiger partial charge on any atom is -0.383 e. The fourth-order valence-corrected chi connectivity index (χ4v) is 2.43. The topological polar surface area (TPSA) is 55.6 Å². The van der Waals surface area contributed by atoms with Crippen LogP contribution in [0.5, 0.6) is 0 Å². The lowest BCUT2D eigenvalue weighted by molar-refractivity contribution is -0.144. The molecule has 4 nitrogen and oxygen atoms in total. The lowest BCUT2D eigenvalue weighted by Crippen LogP contribution is -2.56. The molecular weight excluding hydrogens is 272 g/mol. The summed E-state index contributed by atoms with van der Waals surface area (Å²) in [4.78, 5) is 15.8. The Morgan fingerprint density at radius 3 is 2.50 bits per heavy atom. The molecule has 2 N–H and O–H groups in total. The van der Waals surface area contributed by atoms with Crippen LogP contribution >= 0.6 is 11.3 Å². The van der Waals surface area contributed by atoms with Gasteiger partial charge in [0.25, 0.3) is 0 Å². The minimum atomic E-state index is -0.627. The summed E-state index contributed by atoms with van der Waals surface area (Å²) in [6.07, 6.45) is 0. The Labute approximate surface area is 125 Å². The van der Waals surface area contributed by atoms with Crippen LogP contribution in [-0.4, -0.2) is 36.6 Å². The lowest BCUT2D eigenvalue weighted by Gasteiger charge is -2.40. The highest BCUT2D eigenvalue weighted by Gasteiger charge is 2.42. The van der Waals surface area contributed by atoms with E-state index in [9.17, 15) is 4.79 Å². The number of hydrogen-bond donors (Lipinski definition) is 1. The molecule has 5 heteroatoms. The molecular formula is C15H26N2O2S. The van der Waals surface area contributed by atoms with Gasteiger partial charge in [-0.2, -0.15) is 0 Å². The summed E-state index contributed by atoms with van der Waals surface area (Å²) in [5, 5.41) is 2.02. The molecule has 0 atom stereocenters. The minimum absolute atomic E-state index is 0.0652. The quantitative estimate of drug-likeness (QED) is 0.841. The summed E-state index contributed by atoms with van der Waals surface area (Å²) in [6, 6.07) is 4.04. The van der Waals surface area contributed by atoms with Gasteiger partial charge in [0.15, 0.2) is 0 Å². The molecule has 0 aliphatic rings. The number of amides is 1. The summed E-state index contributed by atoms with van der Waals surface area (Å²) in [5.74, 6) is 0.0652. The number of carbonyl (C=O) groups is 1. The van der Waals surface area contributed by atoms with Crippen LogP contribution < -0.4 is 5.73 Å². The molecule has 20 heavy (non-hydrogen) atoms. The molecule has 0 aliphatic carbocycles. The van der Waals surface area contributed by atoms with Crippen LogP contribution in [0, 0.1) is 5.41 Å². The van der Waals surface area contributed by atoms with Gasteiger partial charge in [-0.15, -0.1) is 11.3 Å². The second-order valence-corrected chi connectivity index (χ2v) is 7.18. The van der Waals surface area contributed by atoms with Crippen LogP contribution in [0.3, 0.4) is 0 Å². The third kappa shape index (κ3) is 4.04. The first kappa shape index (κ1) is 17.1. The molecule has 1 aromatic rings. The first-order valence-electron chi connectivity index (χ1n) is 6.79. The first-order valence-corrected chi connectivity index (χ1v) is 7.67. The van der Waals surface area contributed by atoms with E-state index in [1.807, 2.05) is 50.1 Å². The molecule has 0 radical (unpaired) electrons. The van der Waals surface area contributed by atoms with Gasteiger partial charge in [-0.1, -0.05) is 6.07 Å². The predicted octanol–water partition coefficient (Wildman–Crippen LogP) is 2.49. The standard InChI is InChI=1S/C15H26N2O2S/c1-14(2,15(3,4)16)13(18)17(8-9-19-5)11-12-7-6-10-20-12/h6-7,10H,8-9,11,16H2,1-5H3. The maximum absolute atomic E-state index is 12.8. The Balaban J connectivity index is 2.89. The van der Waals surface area contributed by atoms with Gasteiger partial charge < -0.3 is 15.4 Å². The van der Waals surface area contributed by atoms with Crippen molar-refractivity contribution < 1.29 is 9.53 Å². The third-order valence-electron chi connectivity index (χ3n) is 3.92. The van der Waals surface area contributed by atoms with E-state index in [1.165, 1.54) is 4.88 Å². The van der Waals surface area contributed by atoms with Crippen molar-refractivity contribution in [3.05, 3.63) is 22.4 Å². The number of nitrogens with two attached hydrogens (primary N) is 1. The first-order chi connectivity index (χ1) is 9.20. The zero-order valence-electron chi connectivity index (χ0n) is 13.1. The number of rotatable bonds is 7. The number of ether oxygens (including phenoxy) is 1. The monoisotopic (exact) mass is 298 g/mol. The van der Waals surface area contributed by atoms with Crippen molar-refractivity contribution in [3.8, 4) is 0 Å². The van der Waals surface area contributed by atoms with Crippen molar-refractivity contribution >= 4 is 17.2 Å². The predicted molar refractivity (Wildman–Crippen MR) is 83.7 cm³/mol. The van der Waals surface area contributed by atoms with E-state index >= 15 is 0 Å². The molecule has 1 amide bonds. The van der Waals surface area contributed by atoms with Gasteiger partial charge in [0.2, 0.25) is 5.91 Å². The van der Waals surface area contributed by atoms with Gasteiger partial charge in [-0.05, 0) is 39.1 Å². The molecule has 0 fully saturated rings. The van der Waals surface area contributed by atoms with Gasteiger partial charge >= 0.3 is 0 Å². The van der Waals surface area contributed by atoms with E-state index in [2.05, 4.69) is 0 Å². The molecule has 0 saturated heterocycles. The summed E-state index contributed by atoms with van der Waals surface area (Å²) in [6.45, 7) is 9.31. The highest BCUT2D eigenvalue weighted by molar-refractivity contribution is 7.09. The van der Waals surface area contributed by atoms with Crippen molar-refractivity contribution in [2.24, 2.45) is 11.1 Å². The van der Waals surface area contributed by atoms with Gasteiger partial charge in [0.05, 0.1) is 18.6 Å². The van der Waals surface area contributed by atoms with E-state index in [-0.39, 0.29) is 5.91 Å². The Hall–Kier alpha value is -0.910. The van der Waals surface area contributed by atoms with Crippen LogP contribution in [0.1, 0.15) is 32.6 Å². The van der Waals surface area contributed by atoms with Crippen molar-refractivity contribution in [1.82, 2.24) is 4.90 Å². The van der Waals surface area contributed by atoms with Gasteiger partial charge in [0, 0.05) is 24.1 Å². The smallest absolute Gasteiger partial charge is 0.230 e. The fraction of sp³-hybridized carbons (Fsp3) is 0.667. The second-order valence-electron chi connectivity index (χ2n) is 6.15. The largest absolute Gasteiger partial charge is 0.383 e. The molecule has 0 aliphatic heterocycles. The van der Waals surface area contributed by atoms with Crippen molar-refractivity contribution in [3.63, 3.8) is 0 Å². The third-order valence-corrected chi connectivity index (χ3v) is 4.79. The van der Waals surface area contributed by atoms with Crippen LogP contribution in [0.15, 0.2) is 17.5 Å². The van der Waals surface area contributed by atoms with Crippen LogP contribution in [0.2, 0.25) is 0 Å². The number of carbonyl (C=O) groups excluding carboxylic acids is 1. The number of hydrogen-bond acceptors (Lipinski definition) is 4. The normalized spacial score (nSPS) is 12.5. The average molecular weight is 298 g/mol. The molecule has 0 bridgehead atoms. The van der Waals surface area contributed by atoms with Gasteiger partial charge in [0.1, 0.15) is 0 Å².